The number of pyridine rings is 1. The van der Waals surface area contributed by atoms with Gasteiger partial charge in [0.1, 0.15) is 3.70 Å². The summed E-state index contributed by atoms with van der Waals surface area (Å²) in [5, 5.41) is 0. The van der Waals surface area contributed by atoms with E-state index in [9.17, 15) is 13.2 Å². The molecule has 1 nitrogen and oxygen atoms in total. The van der Waals surface area contributed by atoms with Crippen molar-refractivity contribution in [3.63, 3.8) is 0 Å². The molecule has 0 aliphatic rings. The van der Waals surface area contributed by atoms with Gasteiger partial charge in [0.25, 0.3) is 0 Å². The average molecular weight is 273 g/mol. The Morgan fingerprint density at radius 2 is 1.91 bits per heavy atom. The molecule has 0 aromatic carbocycles. The Labute approximate surface area is 74.8 Å². The Balaban J connectivity index is 2.99. The second kappa shape index (κ2) is 2.96. The molecule has 0 saturated heterocycles. The monoisotopic (exact) mass is 273 g/mol. The van der Waals surface area contributed by atoms with Crippen molar-refractivity contribution in [3.8, 4) is 0 Å². The maximum Gasteiger partial charge on any atom is 0.417 e. The number of hydrogen-bond donors (Lipinski definition) is 0. The van der Waals surface area contributed by atoms with E-state index >= 15 is 0 Å². The second-order valence-electron chi connectivity index (χ2n) is 1.87. The Morgan fingerprint density at radius 1 is 1.27 bits per heavy atom. The third-order valence-electron chi connectivity index (χ3n) is 1.05. The first-order valence-electron chi connectivity index (χ1n) is 2.69. The molecular weight excluding hydrogens is 270 g/mol. The molecule has 0 unspecified atom stereocenters. The first kappa shape index (κ1) is 8.76. The number of halogens is 4. The summed E-state index contributed by atoms with van der Waals surface area (Å²) in [6.45, 7) is 0. The molecule has 1 aromatic rings. The van der Waals surface area contributed by atoms with E-state index in [0.29, 0.717) is 3.70 Å². The zero-order chi connectivity index (χ0) is 8.48. The van der Waals surface area contributed by atoms with Crippen LogP contribution in [0.1, 0.15) is 5.56 Å². The highest BCUT2D eigenvalue weighted by Crippen LogP contribution is 2.28. The van der Waals surface area contributed by atoms with E-state index < -0.39 is 11.7 Å². The van der Waals surface area contributed by atoms with Crippen molar-refractivity contribution in [2.45, 2.75) is 6.18 Å². The lowest BCUT2D eigenvalue weighted by Crippen LogP contribution is -2.05. The smallest absolute Gasteiger partial charge is 0.250 e. The van der Waals surface area contributed by atoms with E-state index in [1.807, 2.05) is 22.6 Å². The molecule has 0 spiro atoms. The Morgan fingerprint density at radius 3 is 2.27 bits per heavy atom. The summed E-state index contributed by atoms with van der Waals surface area (Å²) >= 11 is 1.85. The number of hydrogen-bond acceptors (Lipinski definition) is 1. The van der Waals surface area contributed by atoms with Crippen LogP contribution in [0.5, 0.6) is 0 Å². The molecule has 0 fully saturated rings. The molecule has 0 amide bonds. The highest BCUT2D eigenvalue weighted by atomic mass is 127. The fourth-order valence-electron chi connectivity index (χ4n) is 0.544. The van der Waals surface area contributed by atoms with Crippen LogP contribution < -0.4 is 0 Å². The summed E-state index contributed by atoms with van der Waals surface area (Å²) in [6.07, 6.45) is -3.46. The molecule has 1 heterocycles. The van der Waals surface area contributed by atoms with Crippen molar-refractivity contribution in [2.75, 3.05) is 0 Å². The van der Waals surface area contributed by atoms with Crippen molar-refractivity contribution in [3.05, 3.63) is 27.6 Å². The van der Waals surface area contributed by atoms with Gasteiger partial charge >= 0.3 is 6.18 Å². The highest BCUT2D eigenvalue weighted by Gasteiger charge is 2.30. The summed E-state index contributed by atoms with van der Waals surface area (Å²) < 4.78 is 36.2. The van der Waals surface area contributed by atoms with Crippen LogP contribution >= 0.6 is 22.6 Å². The van der Waals surface area contributed by atoms with E-state index in [1.54, 1.807) is 0 Å². The van der Waals surface area contributed by atoms with Gasteiger partial charge < -0.3 is 0 Å². The van der Waals surface area contributed by atoms with Crippen molar-refractivity contribution in [1.82, 2.24) is 4.98 Å². The Bertz CT molecular complexity index is 241. The zero-order valence-corrected chi connectivity index (χ0v) is 7.35. The molecule has 60 valence electrons. The maximum atomic E-state index is 11.9. The molecular formula is C6H3F3IN. The van der Waals surface area contributed by atoms with E-state index in [-0.39, 0.29) is 0 Å². The van der Waals surface area contributed by atoms with Gasteiger partial charge in [-0.3, -0.25) is 0 Å². The number of alkyl halides is 3. The van der Waals surface area contributed by atoms with Gasteiger partial charge in [0.2, 0.25) is 0 Å². The van der Waals surface area contributed by atoms with Crippen LogP contribution in [-0.2, 0) is 6.18 Å². The first-order chi connectivity index (χ1) is 5.00. The fraction of sp³-hybridized carbons (Fsp3) is 0.167. The molecule has 0 atom stereocenters. The van der Waals surface area contributed by atoms with Gasteiger partial charge in [0, 0.05) is 6.20 Å². The minimum Gasteiger partial charge on any atom is -0.250 e. The summed E-state index contributed by atoms with van der Waals surface area (Å²) in [5.41, 5.74) is -0.710. The van der Waals surface area contributed by atoms with Crippen LogP contribution in [-0.4, -0.2) is 4.98 Å². The zero-order valence-electron chi connectivity index (χ0n) is 5.19. The van der Waals surface area contributed by atoms with Gasteiger partial charge in [-0.15, -0.1) is 0 Å². The molecule has 0 aliphatic heterocycles. The fourth-order valence-corrected chi connectivity index (χ4v) is 0.863. The van der Waals surface area contributed by atoms with Crippen LogP contribution in [0.2, 0.25) is 0 Å². The van der Waals surface area contributed by atoms with E-state index in [1.165, 1.54) is 6.07 Å². The summed E-state index contributed by atoms with van der Waals surface area (Å²) in [4.78, 5) is 3.51. The third kappa shape index (κ3) is 2.32. The van der Waals surface area contributed by atoms with Crippen molar-refractivity contribution < 1.29 is 13.2 Å². The summed E-state index contributed by atoms with van der Waals surface area (Å²) in [7, 11) is 0. The molecule has 0 aliphatic carbocycles. The first-order valence-corrected chi connectivity index (χ1v) is 3.77. The van der Waals surface area contributed by atoms with Crippen LogP contribution in [0.15, 0.2) is 18.3 Å². The van der Waals surface area contributed by atoms with Crippen LogP contribution in [0.4, 0.5) is 13.2 Å². The van der Waals surface area contributed by atoms with Crippen molar-refractivity contribution >= 4 is 22.6 Å². The van der Waals surface area contributed by atoms with Gasteiger partial charge in [0.05, 0.1) is 5.56 Å². The minimum absolute atomic E-state index is 0.551. The molecule has 11 heavy (non-hydrogen) atoms. The van der Waals surface area contributed by atoms with Crippen molar-refractivity contribution in [2.24, 2.45) is 0 Å². The van der Waals surface area contributed by atoms with E-state index in [2.05, 4.69) is 4.98 Å². The van der Waals surface area contributed by atoms with Gasteiger partial charge in [0.15, 0.2) is 0 Å². The minimum atomic E-state index is -4.28. The maximum absolute atomic E-state index is 11.9. The van der Waals surface area contributed by atoms with Crippen LogP contribution in [0.25, 0.3) is 0 Å². The largest absolute Gasteiger partial charge is 0.417 e. The number of nitrogens with zero attached hydrogens (tertiary/aromatic N) is 1. The number of rotatable bonds is 0. The van der Waals surface area contributed by atoms with Gasteiger partial charge in [-0.25, -0.2) is 4.98 Å². The van der Waals surface area contributed by atoms with E-state index in [4.69, 9.17) is 0 Å². The number of aromatic nitrogens is 1. The van der Waals surface area contributed by atoms with Gasteiger partial charge in [-0.05, 0) is 34.7 Å². The quantitative estimate of drug-likeness (QED) is 0.523. The molecule has 1 aromatic heterocycles. The molecule has 5 heteroatoms. The SMILES string of the molecule is FC(F)(F)c1ccc(I)nc1. The van der Waals surface area contributed by atoms with E-state index in [0.717, 1.165) is 12.3 Å². The van der Waals surface area contributed by atoms with Gasteiger partial charge in [-0.1, -0.05) is 0 Å². The van der Waals surface area contributed by atoms with Crippen LogP contribution in [0.3, 0.4) is 0 Å². The summed E-state index contributed by atoms with van der Waals surface area (Å²) in [5.74, 6) is 0. The molecule has 0 bridgehead atoms. The average Bonchev–Trinajstić information content (AvgIpc) is 1.86. The Kier molecular flexibility index (Phi) is 2.36. The normalized spacial score (nSPS) is 11.6. The molecule has 0 saturated carbocycles. The lowest BCUT2D eigenvalue weighted by Gasteiger charge is -2.04. The molecule has 1 rings (SSSR count). The molecule has 0 radical (unpaired) electrons. The lowest BCUT2D eigenvalue weighted by molar-refractivity contribution is -0.137. The summed E-state index contributed by atoms with van der Waals surface area (Å²) in [6, 6.07) is 2.33. The predicted molar refractivity (Wildman–Crippen MR) is 42.0 cm³/mol. The third-order valence-corrected chi connectivity index (χ3v) is 1.69. The highest BCUT2D eigenvalue weighted by molar-refractivity contribution is 14.1. The lowest BCUT2D eigenvalue weighted by atomic mass is 10.3. The molecule has 0 N–H and O–H groups in total. The topological polar surface area (TPSA) is 12.9 Å². The predicted octanol–water partition coefficient (Wildman–Crippen LogP) is 2.71. The van der Waals surface area contributed by atoms with Gasteiger partial charge in [-0.2, -0.15) is 13.2 Å². The standard InChI is InChI=1S/C6H3F3IN/c7-6(8,9)4-1-2-5(10)11-3-4/h1-3H. The van der Waals surface area contributed by atoms with Crippen LogP contribution in [0, 0.1) is 3.70 Å². The van der Waals surface area contributed by atoms with Crippen molar-refractivity contribution in [1.29, 1.82) is 0 Å². The second-order valence-corrected chi connectivity index (χ2v) is 2.97. The Hall–Kier alpha value is -0.330.